The van der Waals surface area contributed by atoms with Crippen molar-refractivity contribution in [2.45, 2.75) is 26.3 Å². The van der Waals surface area contributed by atoms with E-state index < -0.39 is 17.2 Å². The van der Waals surface area contributed by atoms with Crippen LogP contribution in [0.4, 0.5) is 17.2 Å². The number of aromatic nitrogens is 2. The summed E-state index contributed by atoms with van der Waals surface area (Å²) in [6, 6.07) is 14.1. The quantitative estimate of drug-likeness (QED) is 0.423. The number of nitrogens with zero attached hydrogens (tertiary/aromatic N) is 2. The maximum Gasteiger partial charge on any atom is 0.330 e. The normalized spacial score (nSPS) is 10.8. The van der Waals surface area contributed by atoms with Crippen LogP contribution in [0.5, 0.6) is 0 Å². The second-order valence-electron chi connectivity index (χ2n) is 7.44. The Labute approximate surface area is 200 Å². The number of nitrogens with one attached hydrogen (secondary N) is 2. The van der Waals surface area contributed by atoms with E-state index in [4.69, 9.17) is 28.9 Å². The maximum atomic E-state index is 13.2. The Kier molecular flexibility index (Phi) is 8.19. The SMILES string of the molecule is CCCCN(C(=O)CNc1cc(Cl)ccc1Cl)c1c(N)n(Cc2ccccc2)c(=O)[nH]c1=O. The van der Waals surface area contributed by atoms with E-state index in [0.29, 0.717) is 22.2 Å². The number of nitrogen functional groups attached to an aromatic ring is 1. The first kappa shape index (κ1) is 24.4. The standard InChI is InChI=1S/C23H25Cl2N5O3/c1-2-3-11-29(19(31)13-27-18-12-16(24)9-10-17(18)25)20-21(26)30(23(33)28-22(20)32)14-15-7-5-4-6-8-15/h4-10,12,27H,2-3,11,13-14,26H2,1H3,(H,28,32,33). The smallest absolute Gasteiger partial charge is 0.330 e. The summed E-state index contributed by atoms with van der Waals surface area (Å²) in [6.07, 6.45) is 1.43. The summed E-state index contributed by atoms with van der Waals surface area (Å²) in [7, 11) is 0. The molecule has 3 aromatic rings. The summed E-state index contributed by atoms with van der Waals surface area (Å²) < 4.78 is 1.25. The van der Waals surface area contributed by atoms with Crippen LogP contribution in [0.15, 0.2) is 58.1 Å². The largest absolute Gasteiger partial charge is 0.383 e. The third-order valence-corrected chi connectivity index (χ3v) is 5.63. The van der Waals surface area contributed by atoms with Crippen molar-refractivity contribution in [3.8, 4) is 0 Å². The molecule has 0 saturated heterocycles. The molecule has 0 atom stereocenters. The topological polar surface area (TPSA) is 113 Å². The van der Waals surface area contributed by atoms with Crippen LogP contribution in [-0.2, 0) is 11.3 Å². The molecule has 10 heteroatoms. The molecule has 174 valence electrons. The van der Waals surface area contributed by atoms with Gasteiger partial charge in [-0.25, -0.2) is 4.79 Å². The molecule has 8 nitrogen and oxygen atoms in total. The van der Waals surface area contributed by atoms with E-state index in [2.05, 4.69) is 10.3 Å². The number of halogens is 2. The number of unbranched alkanes of at least 4 members (excludes halogenated alkanes) is 1. The van der Waals surface area contributed by atoms with Crippen molar-refractivity contribution in [1.29, 1.82) is 0 Å². The van der Waals surface area contributed by atoms with Gasteiger partial charge in [-0.05, 0) is 30.2 Å². The van der Waals surface area contributed by atoms with Gasteiger partial charge in [0.25, 0.3) is 5.56 Å². The fourth-order valence-corrected chi connectivity index (χ4v) is 3.69. The van der Waals surface area contributed by atoms with Crippen molar-refractivity contribution in [2.75, 3.05) is 29.0 Å². The average molecular weight is 490 g/mol. The number of benzene rings is 2. The van der Waals surface area contributed by atoms with Gasteiger partial charge in [0, 0.05) is 11.6 Å². The number of hydrogen-bond donors (Lipinski definition) is 3. The predicted molar refractivity (Wildman–Crippen MR) is 133 cm³/mol. The second-order valence-corrected chi connectivity index (χ2v) is 8.29. The number of carbonyl (C=O) groups is 1. The number of anilines is 3. The highest BCUT2D eigenvalue weighted by molar-refractivity contribution is 6.35. The van der Waals surface area contributed by atoms with E-state index >= 15 is 0 Å². The van der Waals surface area contributed by atoms with Crippen LogP contribution in [0.2, 0.25) is 10.0 Å². The zero-order chi connectivity index (χ0) is 24.0. The highest BCUT2D eigenvalue weighted by Gasteiger charge is 2.24. The van der Waals surface area contributed by atoms with Crippen molar-refractivity contribution in [3.05, 3.63) is 85.0 Å². The van der Waals surface area contributed by atoms with Crippen molar-refractivity contribution in [3.63, 3.8) is 0 Å². The first-order chi connectivity index (χ1) is 15.8. The molecule has 0 aliphatic carbocycles. The zero-order valence-corrected chi connectivity index (χ0v) is 19.6. The van der Waals surface area contributed by atoms with Crippen LogP contribution in [0.3, 0.4) is 0 Å². The van der Waals surface area contributed by atoms with Crippen LogP contribution in [0.25, 0.3) is 0 Å². The number of carbonyl (C=O) groups excluding carboxylic acids is 1. The lowest BCUT2D eigenvalue weighted by Crippen LogP contribution is -2.43. The summed E-state index contributed by atoms with van der Waals surface area (Å²) in [6.45, 7) is 2.23. The Bertz CT molecular complexity index is 1240. The van der Waals surface area contributed by atoms with Gasteiger partial charge in [-0.1, -0.05) is 66.9 Å². The molecule has 0 spiro atoms. The minimum absolute atomic E-state index is 0.0528. The zero-order valence-electron chi connectivity index (χ0n) is 18.1. The Hall–Kier alpha value is -3.23. The van der Waals surface area contributed by atoms with Gasteiger partial charge in [0.1, 0.15) is 5.82 Å². The average Bonchev–Trinajstić information content (AvgIpc) is 2.79. The fourth-order valence-electron chi connectivity index (χ4n) is 3.34. The minimum Gasteiger partial charge on any atom is -0.383 e. The molecule has 33 heavy (non-hydrogen) atoms. The highest BCUT2D eigenvalue weighted by atomic mass is 35.5. The van der Waals surface area contributed by atoms with E-state index in [-0.39, 0.29) is 31.1 Å². The highest BCUT2D eigenvalue weighted by Crippen LogP contribution is 2.25. The number of H-pyrrole nitrogens is 1. The van der Waals surface area contributed by atoms with E-state index in [0.717, 1.165) is 12.0 Å². The number of amides is 1. The molecule has 1 amide bonds. The summed E-state index contributed by atoms with van der Waals surface area (Å²) in [5, 5.41) is 3.82. The monoisotopic (exact) mass is 489 g/mol. The molecule has 3 rings (SSSR count). The summed E-state index contributed by atoms with van der Waals surface area (Å²) in [5.74, 6) is -0.473. The molecule has 0 aliphatic heterocycles. The molecular weight excluding hydrogens is 465 g/mol. The number of hydrogen-bond acceptors (Lipinski definition) is 5. The van der Waals surface area contributed by atoms with E-state index in [1.807, 2.05) is 37.3 Å². The van der Waals surface area contributed by atoms with E-state index in [9.17, 15) is 14.4 Å². The Morgan fingerprint density at radius 2 is 1.88 bits per heavy atom. The molecule has 0 radical (unpaired) electrons. The molecule has 1 heterocycles. The van der Waals surface area contributed by atoms with Gasteiger partial charge in [-0.3, -0.25) is 19.1 Å². The second kappa shape index (κ2) is 11.1. The van der Waals surface area contributed by atoms with Crippen molar-refractivity contribution in [2.24, 2.45) is 0 Å². The molecule has 4 N–H and O–H groups in total. The van der Waals surface area contributed by atoms with Gasteiger partial charge in [0.15, 0.2) is 5.69 Å². The van der Waals surface area contributed by atoms with Crippen molar-refractivity contribution in [1.82, 2.24) is 9.55 Å². The van der Waals surface area contributed by atoms with Crippen LogP contribution < -0.4 is 27.2 Å². The Morgan fingerprint density at radius 3 is 2.58 bits per heavy atom. The third kappa shape index (κ3) is 5.97. The minimum atomic E-state index is -0.716. The number of nitrogens with two attached hydrogens (primary N) is 1. The Morgan fingerprint density at radius 1 is 1.15 bits per heavy atom. The van der Waals surface area contributed by atoms with E-state index in [1.54, 1.807) is 18.2 Å². The van der Waals surface area contributed by atoms with Gasteiger partial charge >= 0.3 is 5.69 Å². The molecular formula is C23H25Cl2N5O3. The third-order valence-electron chi connectivity index (χ3n) is 5.06. The molecule has 0 unspecified atom stereocenters. The first-order valence-electron chi connectivity index (χ1n) is 10.5. The van der Waals surface area contributed by atoms with Crippen molar-refractivity contribution < 1.29 is 4.79 Å². The maximum absolute atomic E-state index is 13.2. The summed E-state index contributed by atoms with van der Waals surface area (Å²) in [4.78, 5) is 42.0. The van der Waals surface area contributed by atoms with Crippen LogP contribution in [0, 0.1) is 0 Å². The first-order valence-corrected chi connectivity index (χ1v) is 11.2. The van der Waals surface area contributed by atoms with Gasteiger partial charge in [0.2, 0.25) is 5.91 Å². The number of rotatable bonds is 9. The fraction of sp³-hybridized carbons (Fsp3) is 0.261. The van der Waals surface area contributed by atoms with Gasteiger partial charge in [0.05, 0.1) is 23.8 Å². The molecule has 0 fully saturated rings. The van der Waals surface area contributed by atoms with Gasteiger partial charge in [-0.15, -0.1) is 0 Å². The molecule has 0 bridgehead atoms. The summed E-state index contributed by atoms with van der Waals surface area (Å²) >= 11 is 12.2. The lowest BCUT2D eigenvalue weighted by Gasteiger charge is -2.25. The lowest BCUT2D eigenvalue weighted by molar-refractivity contribution is -0.117. The number of aromatic amines is 1. The van der Waals surface area contributed by atoms with Gasteiger partial charge in [-0.2, -0.15) is 0 Å². The predicted octanol–water partition coefficient (Wildman–Crippen LogP) is 3.72. The van der Waals surface area contributed by atoms with Crippen LogP contribution in [-0.4, -0.2) is 28.5 Å². The van der Waals surface area contributed by atoms with Crippen LogP contribution >= 0.6 is 23.2 Å². The summed E-state index contributed by atoms with van der Waals surface area (Å²) in [5.41, 5.74) is 6.19. The van der Waals surface area contributed by atoms with E-state index in [1.165, 1.54) is 9.47 Å². The lowest BCUT2D eigenvalue weighted by atomic mass is 10.2. The van der Waals surface area contributed by atoms with Crippen molar-refractivity contribution >= 4 is 46.3 Å². The Balaban J connectivity index is 1.94. The molecule has 0 aliphatic rings. The molecule has 0 saturated carbocycles. The molecule has 1 aromatic heterocycles. The van der Waals surface area contributed by atoms with Gasteiger partial charge < -0.3 is 16.0 Å². The van der Waals surface area contributed by atoms with Crippen LogP contribution in [0.1, 0.15) is 25.3 Å². The molecule has 2 aromatic carbocycles.